The molecule has 14 heteroatoms. The average Bonchev–Trinajstić information content (AvgIpc) is 3.37. The van der Waals surface area contributed by atoms with Gasteiger partial charge in [0.1, 0.15) is 54.9 Å². The standard InChI is InChI=1S/C57H104O14/c1-3-5-7-9-11-13-15-17-19-21-22-23-25-27-29-31-33-35-37-39-41-66-43-46(69-49(59)40-38-36-34-32-30-28-26-24-20-18-16-14-12-10-8-6-4-2)44-67-56-55(65)53(63)51(61)48(71-56)45-68-57-54(64)52(62)50(60)47(42-58)70-57/h11,13,17,19,22-23,46-48,50-58,60-65H,3-10,12,14-16,18,20-21,24-45H2,1-2H3/b13-11-,19-17-,23-22-. The first kappa shape index (κ1) is 65.3. The van der Waals surface area contributed by atoms with Crippen LogP contribution in [0, 0.1) is 0 Å². The lowest BCUT2D eigenvalue weighted by molar-refractivity contribution is -0.332. The van der Waals surface area contributed by atoms with Crippen molar-refractivity contribution in [1.82, 2.24) is 0 Å². The van der Waals surface area contributed by atoms with Gasteiger partial charge in [0.05, 0.1) is 26.4 Å². The molecule has 416 valence electrons. The molecule has 7 N–H and O–H groups in total. The second kappa shape index (κ2) is 44.5. The van der Waals surface area contributed by atoms with Crippen molar-refractivity contribution in [3.8, 4) is 0 Å². The van der Waals surface area contributed by atoms with Gasteiger partial charge >= 0.3 is 5.97 Å². The second-order valence-corrected chi connectivity index (χ2v) is 20.1. The molecule has 2 fully saturated rings. The van der Waals surface area contributed by atoms with Gasteiger partial charge in [0.15, 0.2) is 12.6 Å². The number of allylic oxidation sites excluding steroid dienone is 6. The molecule has 2 aliphatic heterocycles. The predicted molar refractivity (Wildman–Crippen MR) is 280 cm³/mol. The molecule has 71 heavy (non-hydrogen) atoms. The fourth-order valence-electron chi connectivity index (χ4n) is 9.00. The maximum atomic E-state index is 13.1. The van der Waals surface area contributed by atoms with Crippen molar-refractivity contribution in [3.63, 3.8) is 0 Å². The van der Waals surface area contributed by atoms with E-state index in [1.165, 1.54) is 135 Å². The summed E-state index contributed by atoms with van der Waals surface area (Å²) < 4.78 is 34.4. The highest BCUT2D eigenvalue weighted by molar-refractivity contribution is 5.69. The smallest absolute Gasteiger partial charge is 0.306 e. The highest BCUT2D eigenvalue weighted by Crippen LogP contribution is 2.27. The van der Waals surface area contributed by atoms with Crippen molar-refractivity contribution < 1.29 is 69.0 Å². The Morgan fingerprint density at radius 3 is 1.39 bits per heavy atom. The van der Waals surface area contributed by atoms with Crippen molar-refractivity contribution in [3.05, 3.63) is 36.5 Å². The van der Waals surface area contributed by atoms with Crippen LogP contribution in [0.4, 0.5) is 0 Å². The highest BCUT2D eigenvalue weighted by atomic mass is 16.7. The summed E-state index contributed by atoms with van der Waals surface area (Å²) in [6, 6.07) is 0. The third-order valence-electron chi connectivity index (χ3n) is 13.7. The summed E-state index contributed by atoms with van der Waals surface area (Å²) in [5.74, 6) is -0.377. The Morgan fingerprint density at radius 2 is 0.873 bits per heavy atom. The molecular formula is C57H104O14. The summed E-state index contributed by atoms with van der Waals surface area (Å²) in [6.07, 6.45) is 34.8. The van der Waals surface area contributed by atoms with Gasteiger partial charge in [0.2, 0.25) is 0 Å². The lowest BCUT2D eigenvalue weighted by Gasteiger charge is -2.42. The van der Waals surface area contributed by atoms with Gasteiger partial charge in [-0.05, 0) is 51.4 Å². The van der Waals surface area contributed by atoms with Crippen LogP contribution in [-0.2, 0) is 33.2 Å². The maximum Gasteiger partial charge on any atom is 0.306 e. The molecule has 2 rings (SSSR count). The van der Waals surface area contributed by atoms with E-state index in [1.54, 1.807) is 0 Å². The highest BCUT2D eigenvalue weighted by Gasteiger charge is 2.47. The minimum atomic E-state index is -1.71. The number of ether oxygens (including phenoxy) is 6. The number of aliphatic hydroxyl groups excluding tert-OH is 7. The summed E-state index contributed by atoms with van der Waals surface area (Å²) in [5.41, 5.74) is 0. The number of carbonyl (C=O) groups is 1. The van der Waals surface area contributed by atoms with Gasteiger partial charge < -0.3 is 64.2 Å². The summed E-state index contributed by atoms with van der Waals surface area (Å²) >= 11 is 0. The van der Waals surface area contributed by atoms with Crippen molar-refractivity contribution in [2.24, 2.45) is 0 Å². The molecule has 0 aromatic rings. The first-order valence-electron chi connectivity index (χ1n) is 28.6. The van der Waals surface area contributed by atoms with Crippen LogP contribution in [0.15, 0.2) is 36.5 Å². The molecular weight excluding hydrogens is 909 g/mol. The minimum Gasteiger partial charge on any atom is -0.457 e. The Bertz CT molecular complexity index is 1310. The Balaban J connectivity index is 1.73. The Morgan fingerprint density at radius 1 is 0.465 bits per heavy atom. The molecule has 0 radical (unpaired) electrons. The van der Waals surface area contributed by atoms with Gasteiger partial charge in [-0.3, -0.25) is 4.79 Å². The average molecular weight is 1010 g/mol. The van der Waals surface area contributed by atoms with E-state index < -0.39 is 80.7 Å². The van der Waals surface area contributed by atoms with Crippen LogP contribution in [0.3, 0.4) is 0 Å². The SMILES string of the molecule is CCCCC/C=C\C/C=C\C/C=C\CCCCCCCCCOCC(COC1OC(COC2OC(CO)C(O)C(O)C2O)C(O)C(O)C1O)OC(=O)CCCCCCCCCCCCCCCCCCC. The molecule has 0 saturated carbocycles. The molecule has 0 aliphatic carbocycles. The molecule has 0 aromatic carbocycles. The number of unbranched alkanes of at least 4 members (excludes halogenated alkanes) is 26. The van der Waals surface area contributed by atoms with E-state index in [-0.39, 0.29) is 25.6 Å². The zero-order valence-electron chi connectivity index (χ0n) is 44.5. The summed E-state index contributed by atoms with van der Waals surface area (Å²) in [6.45, 7) is 3.67. The van der Waals surface area contributed by atoms with E-state index in [0.717, 1.165) is 57.8 Å². The van der Waals surface area contributed by atoms with Gasteiger partial charge in [0, 0.05) is 13.0 Å². The van der Waals surface area contributed by atoms with Crippen molar-refractivity contribution in [2.45, 2.75) is 287 Å². The quantitative estimate of drug-likeness (QED) is 0.0172. The van der Waals surface area contributed by atoms with Crippen molar-refractivity contribution >= 4 is 5.97 Å². The second-order valence-electron chi connectivity index (χ2n) is 20.1. The largest absolute Gasteiger partial charge is 0.457 e. The van der Waals surface area contributed by atoms with Crippen LogP contribution in [0.2, 0.25) is 0 Å². The third kappa shape index (κ3) is 31.6. The van der Waals surface area contributed by atoms with Crippen LogP contribution < -0.4 is 0 Å². The van der Waals surface area contributed by atoms with Gasteiger partial charge in [-0.2, -0.15) is 0 Å². The first-order valence-corrected chi connectivity index (χ1v) is 28.6. The van der Waals surface area contributed by atoms with Gasteiger partial charge in [0.25, 0.3) is 0 Å². The molecule has 2 heterocycles. The zero-order chi connectivity index (χ0) is 51.6. The lowest BCUT2D eigenvalue weighted by atomic mass is 9.98. The topological polar surface area (TPSA) is 214 Å². The molecule has 0 amide bonds. The molecule has 0 spiro atoms. The number of hydrogen-bond acceptors (Lipinski definition) is 14. The Labute approximate surface area is 429 Å². The molecule has 11 atom stereocenters. The fourth-order valence-corrected chi connectivity index (χ4v) is 9.00. The summed E-state index contributed by atoms with van der Waals surface area (Å²) in [7, 11) is 0. The third-order valence-corrected chi connectivity index (χ3v) is 13.7. The fraction of sp³-hybridized carbons (Fsp3) is 0.877. The minimum absolute atomic E-state index is 0.0575. The number of carbonyl (C=O) groups excluding carboxylic acids is 1. The predicted octanol–water partition coefficient (Wildman–Crippen LogP) is 9.75. The molecule has 2 saturated heterocycles. The van der Waals surface area contributed by atoms with E-state index in [0.29, 0.717) is 13.0 Å². The van der Waals surface area contributed by atoms with Gasteiger partial charge in [-0.15, -0.1) is 0 Å². The normalized spacial score (nSPS) is 25.5. The van der Waals surface area contributed by atoms with Crippen molar-refractivity contribution in [1.29, 1.82) is 0 Å². The Hall–Kier alpha value is -1.79. The molecule has 0 bridgehead atoms. The van der Waals surface area contributed by atoms with Crippen molar-refractivity contribution in [2.75, 3.05) is 33.0 Å². The van der Waals surface area contributed by atoms with E-state index in [9.17, 15) is 40.5 Å². The monoisotopic (exact) mass is 1010 g/mol. The summed E-state index contributed by atoms with van der Waals surface area (Å²) in [5, 5.41) is 72.3. The number of aliphatic hydroxyl groups is 7. The lowest BCUT2D eigenvalue weighted by Crippen LogP contribution is -2.61. The zero-order valence-corrected chi connectivity index (χ0v) is 44.5. The van der Waals surface area contributed by atoms with E-state index in [1.807, 2.05) is 0 Å². The van der Waals surface area contributed by atoms with Crippen LogP contribution in [-0.4, -0.2) is 142 Å². The van der Waals surface area contributed by atoms with Crippen LogP contribution in [0.25, 0.3) is 0 Å². The van der Waals surface area contributed by atoms with Gasteiger partial charge in [-0.25, -0.2) is 0 Å². The summed E-state index contributed by atoms with van der Waals surface area (Å²) in [4.78, 5) is 13.1. The molecule has 2 aliphatic rings. The molecule has 14 nitrogen and oxygen atoms in total. The van der Waals surface area contributed by atoms with Crippen LogP contribution in [0.5, 0.6) is 0 Å². The number of hydrogen-bond donors (Lipinski definition) is 7. The maximum absolute atomic E-state index is 13.1. The van der Waals surface area contributed by atoms with E-state index in [2.05, 4.69) is 50.3 Å². The first-order chi connectivity index (χ1) is 34.6. The number of esters is 1. The molecule has 11 unspecified atom stereocenters. The van der Waals surface area contributed by atoms with Crippen LogP contribution in [0.1, 0.15) is 219 Å². The van der Waals surface area contributed by atoms with E-state index >= 15 is 0 Å². The molecule has 0 aromatic heterocycles. The van der Waals surface area contributed by atoms with E-state index in [4.69, 9.17) is 28.4 Å². The number of rotatable bonds is 46. The van der Waals surface area contributed by atoms with Crippen LogP contribution >= 0.6 is 0 Å². The van der Waals surface area contributed by atoms with Gasteiger partial charge in [-0.1, -0.05) is 198 Å². The Kier molecular flexibility index (Phi) is 40.9.